The van der Waals surface area contributed by atoms with E-state index in [1.165, 1.54) is 0 Å². The Bertz CT molecular complexity index is 891. The number of fused-ring (bicyclic) bond motifs is 5. The van der Waals surface area contributed by atoms with Crippen molar-refractivity contribution in [1.29, 1.82) is 0 Å². The number of rotatable bonds is 2. The van der Waals surface area contributed by atoms with Crippen molar-refractivity contribution in [1.82, 2.24) is 0 Å². The Morgan fingerprint density at radius 3 is 1.59 bits per heavy atom. The van der Waals surface area contributed by atoms with Gasteiger partial charge in [-0.25, -0.2) is 0 Å². The Hall–Kier alpha value is -1.52. The molecule has 0 amide bonds. The molecule has 1 heterocycles. The van der Waals surface area contributed by atoms with Crippen LogP contribution in [0.1, 0.15) is 58.5 Å². The van der Waals surface area contributed by atoms with Crippen LogP contribution in [0.5, 0.6) is 0 Å². The molecule has 4 atom stereocenters. The van der Waals surface area contributed by atoms with Crippen molar-refractivity contribution < 1.29 is 9.59 Å². The van der Waals surface area contributed by atoms with E-state index in [2.05, 4.69) is 26.0 Å². The standard InChI is InChI=1S/C23H22O2S2/c1-3-16-20(24)14-9-5-7-11-18(14)22(16)23(27-13-26-22)17(4-2)21(25)15-10-6-8-12-19(15)23/h5-12,16-17H,3-4,13H2,1-2H3. The highest BCUT2D eigenvalue weighted by Crippen LogP contribution is 2.75. The average molecular weight is 395 g/mol. The molecule has 0 saturated carbocycles. The van der Waals surface area contributed by atoms with Gasteiger partial charge in [-0.2, -0.15) is 0 Å². The van der Waals surface area contributed by atoms with Crippen molar-refractivity contribution >= 4 is 35.1 Å². The minimum Gasteiger partial charge on any atom is -0.294 e. The van der Waals surface area contributed by atoms with E-state index in [1.807, 2.05) is 59.9 Å². The van der Waals surface area contributed by atoms with Gasteiger partial charge < -0.3 is 0 Å². The first-order chi connectivity index (χ1) is 13.1. The van der Waals surface area contributed by atoms with E-state index in [9.17, 15) is 9.59 Å². The van der Waals surface area contributed by atoms with Crippen LogP contribution in [0.25, 0.3) is 0 Å². The van der Waals surface area contributed by atoms with Crippen LogP contribution in [0.2, 0.25) is 0 Å². The number of carbonyl (C=O) groups is 2. The Kier molecular flexibility index (Phi) is 3.90. The molecule has 2 aromatic rings. The molecule has 2 aromatic carbocycles. The van der Waals surface area contributed by atoms with Gasteiger partial charge in [-0.15, -0.1) is 23.5 Å². The lowest BCUT2D eigenvalue weighted by Gasteiger charge is -2.47. The summed E-state index contributed by atoms with van der Waals surface area (Å²) in [6.45, 7) is 4.24. The average Bonchev–Trinajstić information content (AvgIpc) is 3.29. The van der Waals surface area contributed by atoms with Crippen LogP contribution in [0, 0.1) is 11.8 Å². The van der Waals surface area contributed by atoms with E-state index in [-0.39, 0.29) is 32.9 Å². The number of ketones is 2. The molecule has 1 aliphatic heterocycles. The second-order valence-electron chi connectivity index (χ2n) is 7.62. The second-order valence-corrected chi connectivity index (χ2v) is 10.4. The van der Waals surface area contributed by atoms with Gasteiger partial charge in [0.15, 0.2) is 11.6 Å². The van der Waals surface area contributed by atoms with Crippen LogP contribution in [0.3, 0.4) is 0 Å². The normalized spacial score (nSPS) is 33.9. The smallest absolute Gasteiger partial charge is 0.168 e. The van der Waals surface area contributed by atoms with Crippen molar-refractivity contribution in [2.24, 2.45) is 11.8 Å². The van der Waals surface area contributed by atoms with Gasteiger partial charge in [0.1, 0.15) is 0 Å². The monoisotopic (exact) mass is 394 g/mol. The fourth-order valence-corrected chi connectivity index (χ4v) is 10.4. The highest BCUT2D eigenvalue weighted by Gasteiger charge is 2.72. The van der Waals surface area contributed by atoms with Crippen molar-refractivity contribution in [3.63, 3.8) is 0 Å². The summed E-state index contributed by atoms with van der Waals surface area (Å²) in [5.74, 6) is 0.356. The summed E-state index contributed by atoms with van der Waals surface area (Å²) in [6.07, 6.45) is 1.60. The van der Waals surface area contributed by atoms with Crippen molar-refractivity contribution in [2.75, 3.05) is 5.08 Å². The molecule has 27 heavy (non-hydrogen) atoms. The maximum atomic E-state index is 13.4. The van der Waals surface area contributed by atoms with Crippen molar-refractivity contribution in [2.45, 2.75) is 36.2 Å². The Morgan fingerprint density at radius 2 is 1.19 bits per heavy atom. The number of Topliss-reactive ketones (excluding diaryl/α,β-unsaturated/α-hetero) is 2. The fourth-order valence-electron chi connectivity index (χ4n) is 5.81. The molecule has 4 heteroatoms. The predicted octanol–water partition coefficient (Wildman–Crippen LogP) is 5.66. The van der Waals surface area contributed by atoms with E-state index in [4.69, 9.17) is 0 Å². The Morgan fingerprint density at radius 1 is 0.778 bits per heavy atom. The maximum Gasteiger partial charge on any atom is 0.168 e. The maximum absolute atomic E-state index is 13.4. The summed E-state index contributed by atoms with van der Waals surface area (Å²) in [7, 11) is 0. The molecule has 2 aliphatic carbocycles. The predicted molar refractivity (Wildman–Crippen MR) is 113 cm³/mol. The summed E-state index contributed by atoms with van der Waals surface area (Å²) in [4.78, 5) is 26.8. The lowest BCUT2D eigenvalue weighted by atomic mass is 9.70. The number of benzene rings is 2. The Balaban J connectivity index is 1.88. The second kappa shape index (κ2) is 5.99. The summed E-state index contributed by atoms with van der Waals surface area (Å²) < 4.78 is -0.716. The van der Waals surface area contributed by atoms with Gasteiger partial charge in [-0.3, -0.25) is 9.59 Å². The van der Waals surface area contributed by atoms with Crippen LogP contribution in [0.4, 0.5) is 0 Å². The van der Waals surface area contributed by atoms with Crippen molar-refractivity contribution in [3.05, 3.63) is 70.8 Å². The molecule has 0 radical (unpaired) electrons. The summed E-state index contributed by atoms with van der Waals surface area (Å²) in [5, 5.41) is 0.913. The minimum atomic E-state index is -0.358. The SMILES string of the molecule is CCC1C(=O)c2ccccc2C12SCSC21c2ccccc2C(=O)C1CC. The summed E-state index contributed by atoms with van der Waals surface area (Å²) >= 11 is 3.80. The molecular weight excluding hydrogens is 372 g/mol. The van der Waals surface area contributed by atoms with Gasteiger partial charge in [0.05, 0.1) is 9.49 Å². The quantitative estimate of drug-likeness (QED) is 0.658. The molecule has 1 fully saturated rings. The van der Waals surface area contributed by atoms with Crippen LogP contribution in [-0.4, -0.2) is 16.7 Å². The van der Waals surface area contributed by atoms with E-state index in [0.29, 0.717) is 0 Å². The molecule has 5 rings (SSSR count). The molecule has 1 saturated heterocycles. The first-order valence-electron chi connectivity index (χ1n) is 9.68. The van der Waals surface area contributed by atoms with Crippen LogP contribution in [-0.2, 0) is 9.49 Å². The molecule has 4 unspecified atom stereocenters. The van der Waals surface area contributed by atoms with Crippen molar-refractivity contribution in [3.8, 4) is 0 Å². The highest BCUT2D eigenvalue weighted by atomic mass is 32.2. The van der Waals surface area contributed by atoms with E-state index >= 15 is 0 Å². The summed E-state index contributed by atoms with van der Waals surface area (Å²) in [6, 6.07) is 16.3. The van der Waals surface area contributed by atoms with Gasteiger partial charge in [0.25, 0.3) is 0 Å². The number of carbonyl (C=O) groups excluding carboxylic acids is 2. The fraction of sp³-hybridized carbons (Fsp3) is 0.391. The zero-order chi connectivity index (χ0) is 18.8. The van der Waals surface area contributed by atoms with Gasteiger partial charge in [-0.05, 0) is 24.0 Å². The van der Waals surface area contributed by atoms with Crippen LogP contribution >= 0.6 is 23.5 Å². The van der Waals surface area contributed by atoms with E-state index in [0.717, 1.165) is 40.2 Å². The molecule has 3 aliphatic rings. The minimum absolute atomic E-state index is 0.0806. The highest BCUT2D eigenvalue weighted by molar-refractivity contribution is 8.20. The van der Waals surface area contributed by atoms with Crippen LogP contribution in [0.15, 0.2) is 48.5 Å². The largest absolute Gasteiger partial charge is 0.294 e. The number of thioether (sulfide) groups is 2. The first kappa shape index (κ1) is 17.6. The number of hydrogen-bond acceptors (Lipinski definition) is 4. The van der Waals surface area contributed by atoms with Gasteiger partial charge in [0, 0.05) is 28.0 Å². The van der Waals surface area contributed by atoms with E-state index in [1.54, 1.807) is 0 Å². The lowest BCUT2D eigenvalue weighted by Crippen LogP contribution is -2.49. The third-order valence-electron chi connectivity index (χ3n) is 6.74. The van der Waals surface area contributed by atoms with Gasteiger partial charge in [-0.1, -0.05) is 62.4 Å². The molecule has 2 nitrogen and oxygen atoms in total. The lowest BCUT2D eigenvalue weighted by molar-refractivity contribution is 0.0831. The zero-order valence-electron chi connectivity index (χ0n) is 15.5. The molecule has 0 bridgehead atoms. The number of hydrogen-bond donors (Lipinski definition) is 0. The molecular formula is C23H22O2S2. The molecule has 0 aromatic heterocycles. The van der Waals surface area contributed by atoms with Gasteiger partial charge >= 0.3 is 0 Å². The van der Waals surface area contributed by atoms with E-state index < -0.39 is 0 Å². The van der Waals surface area contributed by atoms with Crippen LogP contribution < -0.4 is 0 Å². The summed E-state index contributed by atoms with van der Waals surface area (Å²) in [5.41, 5.74) is 4.04. The third-order valence-corrected chi connectivity index (χ3v) is 10.4. The third kappa shape index (κ3) is 1.86. The molecule has 0 N–H and O–H groups in total. The molecule has 138 valence electrons. The topological polar surface area (TPSA) is 34.1 Å². The Labute approximate surface area is 168 Å². The first-order valence-corrected chi connectivity index (χ1v) is 11.7. The zero-order valence-corrected chi connectivity index (χ0v) is 17.2. The molecule has 2 spiro atoms. The van der Waals surface area contributed by atoms with Gasteiger partial charge in [0.2, 0.25) is 0 Å².